The average molecular weight is 534 g/mol. The van der Waals surface area contributed by atoms with Crippen molar-refractivity contribution in [2.45, 2.75) is 13.3 Å². The van der Waals surface area contributed by atoms with E-state index in [0.29, 0.717) is 27.9 Å². The zero-order valence-electron chi connectivity index (χ0n) is 16.3. The van der Waals surface area contributed by atoms with Gasteiger partial charge in [0, 0.05) is 4.47 Å². The zero-order valence-corrected chi connectivity index (χ0v) is 19.5. The molecule has 0 unspecified atom stereocenters. The highest BCUT2D eigenvalue weighted by molar-refractivity contribution is 9.10. The maximum absolute atomic E-state index is 13.1. The van der Waals surface area contributed by atoms with Crippen molar-refractivity contribution in [1.82, 2.24) is 5.32 Å². The van der Waals surface area contributed by atoms with E-state index in [1.54, 1.807) is 37.5 Å². The van der Waals surface area contributed by atoms with Crippen molar-refractivity contribution in [3.05, 3.63) is 74.2 Å². The van der Waals surface area contributed by atoms with Crippen LogP contribution in [0.4, 0.5) is 10.5 Å². The number of hydrogen-bond donors (Lipinski definition) is 1. The molecule has 0 aliphatic carbocycles. The summed E-state index contributed by atoms with van der Waals surface area (Å²) in [5, 5.41) is 2.23. The van der Waals surface area contributed by atoms with Gasteiger partial charge in [-0.2, -0.15) is 0 Å². The third kappa shape index (κ3) is 4.24. The molecule has 154 valence electrons. The van der Waals surface area contributed by atoms with Crippen LogP contribution in [0.15, 0.2) is 57.5 Å². The van der Waals surface area contributed by atoms with Gasteiger partial charge in [0.2, 0.25) is 0 Å². The lowest BCUT2D eigenvalue weighted by Crippen LogP contribution is -2.54. The number of amides is 4. The number of urea groups is 1. The minimum absolute atomic E-state index is 0.142. The van der Waals surface area contributed by atoms with E-state index in [1.807, 2.05) is 13.0 Å². The van der Waals surface area contributed by atoms with Crippen LogP contribution >= 0.6 is 31.9 Å². The van der Waals surface area contributed by atoms with Crippen LogP contribution in [0.1, 0.15) is 16.7 Å². The van der Waals surface area contributed by atoms with Crippen molar-refractivity contribution in [3.63, 3.8) is 0 Å². The Morgan fingerprint density at radius 3 is 2.50 bits per heavy atom. The van der Waals surface area contributed by atoms with E-state index in [9.17, 15) is 14.4 Å². The van der Waals surface area contributed by atoms with Gasteiger partial charge in [-0.05, 0) is 82.4 Å². The van der Waals surface area contributed by atoms with Gasteiger partial charge in [-0.1, -0.05) is 22.0 Å². The second kappa shape index (κ2) is 8.97. The molecule has 30 heavy (non-hydrogen) atoms. The number of rotatable bonds is 5. The zero-order chi connectivity index (χ0) is 22.0. The quantitative estimate of drug-likeness (QED) is 0.336. The molecule has 1 saturated heterocycles. The first-order chi connectivity index (χ1) is 14.3. The Labute approximate surface area is 190 Å². The number of methoxy groups -OCH3 is 1. The van der Waals surface area contributed by atoms with Gasteiger partial charge in [0.25, 0.3) is 11.8 Å². The second-order valence-electron chi connectivity index (χ2n) is 6.58. The lowest BCUT2D eigenvalue weighted by atomic mass is 10.0. The molecule has 0 atom stereocenters. The predicted octanol–water partition coefficient (Wildman–Crippen LogP) is 4.92. The molecule has 2 aromatic rings. The standard InChI is InChI=1S/C22H18Br2N2O4/c1-4-5-14-9-13(11-18(24)19(14)30-3)10-16-20(27)25-22(29)26(21(16)28)15-6-7-17(23)12(2)8-15/h4,6-11H,1,5H2,2-3H3,(H,25,27,29)/b16-10+. The van der Waals surface area contributed by atoms with Crippen LogP contribution in [0.5, 0.6) is 5.75 Å². The molecule has 0 saturated carbocycles. The molecule has 0 radical (unpaired) electrons. The summed E-state index contributed by atoms with van der Waals surface area (Å²) in [4.78, 5) is 38.8. The van der Waals surface area contributed by atoms with E-state index < -0.39 is 17.8 Å². The number of imide groups is 2. The van der Waals surface area contributed by atoms with Gasteiger partial charge in [0.15, 0.2) is 0 Å². The number of halogens is 2. The molecule has 1 heterocycles. The number of barbiturate groups is 1. The molecule has 1 fully saturated rings. The van der Waals surface area contributed by atoms with E-state index >= 15 is 0 Å². The highest BCUT2D eigenvalue weighted by Gasteiger charge is 2.37. The minimum Gasteiger partial charge on any atom is -0.495 e. The molecule has 1 N–H and O–H groups in total. The average Bonchev–Trinajstić information content (AvgIpc) is 2.68. The molecular formula is C22H18Br2N2O4. The molecule has 1 aliphatic rings. The highest BCUT2D eigenvalue weighted by Crippen LogP contribution is 2.33. The summed E-state index contributed by atoms with van der Waals surface area (Å²) < 4.78 is 6.93. The van der Waals surface area contributed by atoms with Crippen molar-refractivity contribution < 1.29 is 19.1 Å². The molecule has 0 aromatic heterocycles. The third-order valence-corrected chi connectivity index (χ3v) is 6.00. The van der Waals surface area contributed by atoms with Crippen molar-refractivity contribution in [3.8, 4) is 5.75 Å². The van der Waals surface area contributed by atoms with Crippen LogP contribution in [-0.4, -0.2) is 25.0 Å². The lowest BCUT2D eigenvalue weighted by Gasteiger charge is -2.26. The number of carbonyl (C=O) groups is 3. The summed E-state index contributed by atoms with van der Waals surface area (Å²) in [6, 6.07) is 7.84. The summed E-state index contributed by atoms with van der Waals surface area (Å²) in [5.74, 6) is -0.784. The Hall–Kier alpha value is -2.71. The maximum atomic E-state index is 13.1. The van der Waals surface area contributed by atoms with Gasteiger partial charge in [-0.3, -0.25) is 14.9 Å². The van der Waals surface area contributed by atoms with Crippen molar-refractivity contribution in [2.24, 2.45) is 0 Å². The van der Waals surface area contributed by atoms with Gasteiger partial charge >= 0.3 is 6.03 Å². The Bertz CT molecular complexity index is 1110. The summed E-state index contributed by atoms with van der Waals surface area (Å²) in [7, 11) is 1.56. The number of nitrogens with one attached hydrogen (secondary N) is 1. The number of benzene rings is 2. The number of anilines is 1. The minimum atomic E-state index is -0.785. The number of hydrogen-bond acceptors (Lipinski definition) is 4. The molecular weight excluding hydrogens is 516 g/mol. The number of carbonyl (C=O) groups excluding carboxylic acids is 3. The van der Waals surface area contributed by atoms with E-state index in [2.05, 4.69) is 43.8 Å². The summed E-state index contributed by atoms with van der Waals surface area (Å²) in [6.45, 7) is 5.59. The second-order valence-corrected chi connectivity index (χ2v) is 8.29. The fourth-order valence-electron chi connectivity index (χ4n) is 3.12. The van der Waals surface area contributed by atoms with Crippen LogP contribution < -0.4 is 15.0 Å². The molecule has 4 amide bonds. The van der Waals surface area contributed by atoms with Gasteiger partial charge in [-0.25, -0.2) is 9.69 Å². The topological polar surface area (TPSA) is 75.7 Å². The SMILES string of the molecule is C=CCc1cc(/C=C2\C(=O)NC(=O)N(c3ccc(Br)c(C)c3)C2=O)cc(Br)c1OC. The van der Waals surface area contributed by atoms with Crippen LogP contribution in [0.2, 0.25) is 0 Å². The maximum Gasteiger partial charge on any atom is 0.335 e. The first-order valence-electron chi connectivity index (χ1n) is 8.91. The Balaban J connectivity index is 2.06. The molecule has 8 heteroatoms. The summed E-state index contributed by atoms with van der Waals surface area (Å²) >= 11 is 6.85. The van der Waals surface area contributed by atoms with Gasteiger partial charge < -0.3 is 4.74 Å². The van der Waals surface area contributed by atoms with Crippen molar-refractivity contribution in [2.75, 3.05) is 12.0 Å². The number of ether oxygens (including phenoxy) is 1. The van der Waals surface area contributed by atoms with Crippen molar-refractivity contribution in [1.29, 1.82) is 0 Å². The largest absolute Gasteiger partial charge is 0.495 e. The Morgan fingerprint density at radius 2 is 1.87 bits per heavy atom. The smallest absolute Gasteiger partial charge is 0.335 e. The molecule has 6 nitrogen and oxygen atoms in total. The van der Waals surface area contributed by atoms with Crippen molar-refractivity contribution >= 4 is 61.5 Å². The van der Waals surface area contributed by atoms with E-state index in [4.69, 9.17) is 4.74 Å². The van der Waals surface area contributed by atoms with Gasteiger partial charge in [0.1, 0.15) is 11.3 Å². The van der Waals surface area contributed by atoms with Gasteiger partial charge in [0.05, 0.1) is 17.3 Å². The summed E-state index contributed by atoms with van der Waals surface area (Å²) in [5.41, 5.74) is 2.54. The monoisotopic (exact) mass is 532 g/mol. The van der Waals surface area contributed by atoms with Crippen LogP contribution in [0.3, 0.4) is 0 Å². The van der Waals surface area contributed by atoms with Crippen LogP contribution in [0, 0.1) is 6.92 Å². The summed E-state index contributed by atoms with van der Waals surface area (Å²) in [6.07, 6.45) is 3.73. The van der Waals surface area contributed by atoms with Crippen LogP contribution in [0.25, 0.3) is 6.08 Å². The molecule has 3 rings (SSSR count). The Morgan fingerprint density at radius 1 is 1.13 bits per heavy atom. The first kappa shape index (κ1) is 22.0. The number of nitrogens with zero attached hydrogens (tertiary/aromatic N) is 1. The molecule has 1 aliphatic heterocycles. The predicted molar refractivity (Wildman–Crippen MR) is 122 cm³/mol. The highest BCUT2D eigenvalue weighted by atomic mass is 79.9. The normalized spacial score (nSPS) is 15.4. The number of aryl methyl sites for hydroxylation is 1. The van der Waals surface area contributed by atoms with Gasteiger partial charge in [-0.15, -0.1) is 6.58 Å². The van der Waals surface area contributed by atoms with E-state index in [0.717, 1.165) is 20.5 Å². The first-order valence-corrected chi connectivity index (χ1v) is 10.5. The molecule has 0 spiro atoms. The number of allylic oxidation sites excluding steroid dienone is 1. The van der Waals surface area contributed by atoms with Crippen LogP contribution in [-0.2, 0) is 16.0 Å². The fraction of sp³-hybridized carbons (Fsp3) is 0.136. The Kier molecular flexibility index (Phi) is 6.58. The fourth-order valence-corrected chi connectivity index (χ4v) is 4.05. The van der Waals surface area contributed by atoms with E-state index in [1.165, 1.54) is 6.08 Å². The molecule has 2 aromatic carbocycles. The molecule has 0 bridgehead atoms. The van der Waals surface area contributed by atoms with E-state index in [-0.39, 0.29) is 5.57 Å². The lowest BCUT2D eigenvalue weighted by molar-refractivity contribution is -0.122. The third-order valence-electron chi connectivity index (χ3n) is 4.52.